The summed E-state index contributed by atoms with van der Waals surface area (Å²) in [6.07, 6.45) is 8.34. The minimum absolute atomic E-state index is 0.0196. The Morgan fingerprint density at radius 3 is 2.71 bits per heavy atom. The molecule has 0 aromatic carbocycles. The number of carbonyl (C=O) groups is 1. The summed E-state index contributed by atoms with van der Waals surface area (Å²) in [6, 6.07) is 4.05. The highest BCUT2D eigenvalue weighted by Crippen LogP contribution is 2.17. The molecule has 1 N–H and O–H groups in total. The number of likely N-dealkylation sites (tertiary alicyclic amines) is 1. The van der Waals surface area contributed by atoms with Gasteiger partial charge in [0.2, 0.25) is 0 Å². The summed E-state index contributed by atoms with van der Waals surface area (Å²) in [5, 5.41) is 3.08. The van der Waals surface area contributed by atoms with Gasteiger partial charge in [-0.3, -0.25) is 14.7 Å². The summed E-state index contributed by atoms with van der Waals surface area (Å²) >= 11 is 0. The van der Waals surface area contributed by atoms with Crippen molar-refractivity contribution in [2.75, 3.05) is 19.6 Å². The Balaban J connectivity index is 1.90. The van der Waals surface area contributed by atoms with Crippen LogP contribution in [0, 0.1) is 5.92 Å². The van der Waals surface area contributed by atoms with Gasteiger partial charge >= 0.3 is 0 Å². The minimum atomic E-state index is -0.0196. The molecule has 0 aliphatic carbocycles. The van der Waals surface area contributed by atoms with Crippen molar-refractivity contribution in [2.45, 2.75) is 45.6 Å². The topological polar surface area (TPSA) is 45.2 Å². The number of aromatic nitrogens is 1. The Hall–Kier alpha value is -1.42. The van der Waals surface area contributed by atoms with Crippen LogP contribution in [0.1, 0.15) is 49.9 Å². The summed E-state index contributed by atoms with van der Waals surface area (Å²) in [4.78, 5) is 18.7. The summed E-state index contributed by atoms with van der Waals surface area (Å²) < 4.78 is 0. The van der Waals surface area contributed by atoms with Gasteiger partial charge in [-0.15, -0.1) is 0 Å². The molecule has 116 valence electrons. The van der Waals surface area contributed by atoms with Crippen LogP contribution in [-0.4, -0.2) is 41.5 Å². The van der Waals surface area contributed by atoms with Crippen LogP contribution in [0.4, 0.5) is 0 Å². The number of nitrogens with one attached hydrogen (secondary N) is 1. The second kappa shape index (κ2) is 8.13. The number of hydrogen-bond acceptors (Lipinski definition) is 3. The molecule has 0 bridgehead atoms. The third kappa shape index (κ3) is 5.12. The maximum absolute atomic E-state index is 12.1. The molecule has 1 fully saturated rings. The first-order valence-corrected chi connectivity index (χ1v) is 8.09. The number of pyridine rings is 1. The van der Waals surface area contributed by atoms with Crippen LogP contribution in [0.25, 0.3) is 0 Å². The summed E-state index contributed by atoms with van der Waals surface area (Å²) in [6.45, 7) is 7.56. The first-order valence-electron chi connectivity index (χ1n) is 8.09. The Kier molecular flexibility index (Phi) is 6.18. The van der Waals surface area contributed by atoms with Crippen LogP contribution >= 0.6 is 0 Å². The predicted molar refractivity (Wildman–Crippen MR) is 85.2 cm³/mol. The van der Waals surface area contributed by atoms with Gasteiger partial charge in [-0.05, 0) is 50.4 Å². The number of amides is 1. The first kappa shape index (κ1) is 16.0. The SMILES string of the molecule is CC(C)CC(CNC(=O)c1cccnc1)N1CCCCC1. The van der Waals surface area contributed by atoms with Crippen LogP contribution < -0.4 is 5.32 Å². The normalized spacial score (nSPS) is 17.7. The highest BCUT2D eigenvalue weighted by atomic mass is 16.1. The monoisotopic (exact) mass is 289 g/mol. The molecular weight excluding hydrogens is 262 g/mol. The van der Waals surface area contributed by atoms with Crippen LogP contribution in [0.3, 0.4) is 0 Å². The van der Waals surface area contributed by atoms with Crippen molar-refractivity contribution in [3.8, 4) is 0 Å². The number of piperidine rings is 1. The standard InChI is InChI=1S/C17H27N3O/c1-14(2)11-16(20-9-4-3-5-10-20)13-19-17(21)15-7-6-8-18-12-15/h6-8,12,14,16H,3-5,9-11,13H2,1-2H3,(H,19,21). The van der Waals surface area contributed by atoms with E-state index in [-0.39, 0.29) is 5.91 Å². The lowest BCUT2D eigenvalue weighted by atomic mass is 9.99. The highest BCUT2D eigenvalue weighted by molar-refractivity contribution is 5.93. The van der Waals surface area contributed by atoms with E-state index in [1.807, 2.05) is 0 Å². The van der Waals surface area contributed by atoms with E-state index in [4.69, 9.17) is 0 Å². The molecule has 1 aromatic heterocycles. The van der Waals surface area contributed by atoms with Gasteiger partial charge < -0.3 is 5.32 Å². The Labute approximate surface area is 127 Å². The lowest BCUT2D eigenvalue weighted by Crippen LogP contribution is -2.46. The third-order valence-corrected chi connectivity index (χ3v) is 4.07. The van der Waals surface area contributed by atoms with Gasteiger partial charge in [0, 0.05) is 25.0 Å². The van der Waals surface area contributed by atoms with Gasteiger partial charge in [0.15, 0.2) is 0 Å². The molecule has 1 aromatic rings. The summed E-state index contributed by atoms with van der Waals surface area (Å²) in [7, 11) is 0. The zero-order chi connectivity index (χ0) is 15.1. The molecule has 1 unspecified atom stereocenters. The lowest BCUT2D eigenvalue weighted by molar-refractivity contribution is 0.0913. The lowest BCUT2D eigenvalue weighted by Gasteiger charge is -2.35. The van der Waals surface area contributed by atoms with Crippen molar-refractivity contribution in [3.05, 3.63) is 30.1 Å². The first-order chi connectivity index (χ1) is 10.2. The smallest absolute Gasteiger partial charge is 0.252 e. The van der Waals surface area contributed by atoms with Gasteiger partial charge in [-0.25, -0.2) is 0 Å². The molecule has 0 saturated carbocycles. The van der Waals surface area contributed by atoms with E-state index in [1.54, 1.807) is 24.5 Å². The number of hydrogen-bond donors (Lipinski definition) is 1. The van der Waals surface area contributed by atoms with Crippen molar-refractivity contribution in [1.29, 1.82) is 0 Å². The number of rotatable bonds is 6. The predicted octanol–water partition coefficient (Wildman–Crippen LogP) is 2.71. The van der Waals surface area contributed by atoms with Crippen molar-refractivity contribution >= 4 is 5.91 Å². The second-order valence-corrected chi connectivity index (χ2v) is 6.33. The third-order valence-electron chi connectivity index (χ3n) is 4.07. The largest absolute Gasteiger partial charge is 0.350 e. The van der Waals surface area contributed by atoms with Crippen molar-refractivity contribution in [1.82, 2.24) is 15.2 Å². The van der Waals surface area contributed by atoms with E-state index in [1.165, 1.54) is 32.4 Å². The fourth-order valence-electron chi connectivity index (χ4n) is 3.00. The molecule has 0 radical (unpaired) electrons. The van der Waals surface area contributed by atoms with Gasteiger partial charge in [0.25, 0.3) is 5.91 Å². The van der Waals surface area contributed by atoms with Crippen molar-refractivity contribution in [3.63, 3.8) is 0 Å². The Morgan fingerprint density at radius 2 is 2.10 bits per heavy atom. The Bertz CT molecular complexity index is 427. The summed E-state index contributed by atoms with van der Waals surface area (Å²) in [5.41, 5.74) is 0.638. The van der Waals surface area contributed by atoms with Crippen LogP contribution in [0.5, 0.6) is 0 Å². The molecule has 0 spiro atoms. The van der Waals surface area contributed by atoms with Gasteiger partial charge in [0.05, 0.1) is 5.56 Å². The number of nitrogens with zero attached hydrogens (tertiary/aromatic N) is 2. The van der Waals surface area contributed by atoms with Crippen LogP contribution in [0.2, 0.25) is 0 Å². The van der Waals surface area contributed by atoms with E-state index in [2.05, 4.69) is 29.0 Å². The van der Waals surface area contributed by atoms with Crippen molar-refractivity contribution < 1.29 is 4.79 Å². The Morgan fingerprint density at radius 1 is 1.33 bits per heavy atom. The molecule has 1 saturated heterocycles. The van der Waals surface area contributed by atoms with E-state index >= 15 is 0 Å². The van der Waals surface area contributed by atoms with Gasteiger partial charge in [0.1, 0.15) is 0 Å². The average molecular weight is 289 g/mol. The fraction of sp³-hybridized carbons (Fsp3) is 0.647. The minimum Gasteiger partial charge on any atom is -0.350 e. The quantitative estimate of drug-likeness (QED) is 0.876. The zero-order valence-corrected chi connectivity index (χ0v) is 13.2. The molecule has 2 heterocycles. The molecule has 4 heteroatoms. The molecule has 1 aliphatic rings. The second-order valence-electron chi connectivity index (χ2n) is 6.33. The van der Waals surface area contributed by atoms with E-state index in [0.717, 1.165) is 13.0 Å². The molecular formula is C17H27N3O. The zero-order valence-electron chi connectivity index (χ0n) is 13.2. The van der Waals surface area contributed by atoms with Crippen LogP contribution in [-0.2, 0) is 0 Å². The summed E-state index contributed by atoms with van der Waals surface area (Å²) in [5.74, 6) is 0.626. The van der Waals surface area contributed by atoms with E-state index in [0.29, 0.717) is 17.5 Å². The molecule has 4 nitrogen and oxygen atoms in total. The molecule has 2 rings (SSSR count). The van der Waals surface area contributed by atoms with Gasteiger partial charge in [-0.2, -0.15) is 0 Å². The maximum atomic E-state index is 12.1. The van der Waals surface area contributed by atoms with Gasteiger partial charge in [-0.1, -0.05) is 20.3 Å². The van der Waals surface area contributed by atoms with Crippen molar-refractivity contribution in [2.24, 2.45) is 5.92 Å². The highest BCUT2D eigenvalue weighted by Gasteiger charge is 2.22. The fourth-order valence-corrected chi connectivity index (χ4v) is 3.00. The molecule has 21 heavy (non-hydrogen) atoms. The van der Waals surface area contributed by atoms with E-state index in [9.17, 15) is 4.79 Å². The van der Waals surface area contributed by atoms with E-state index < -0.39 is 0 Å². The maximum Gasteiger partial charge on any atom is 0.252 e. The number of carbonyl (C=O) groups excluding carboxylic acids is 1. The molecule has 1 aliphatic heterocycles. The van der Waals surface area contributed by atoms with Crippen LogP contribution in [0.15, 0.2) is 24.5 Å². The average Bonchev–Trinajstić information content (AvgIpc) is 2.52. The molecule has 1 atom stereocenters. The molecule has 1 amide bonds.